The van der Waals surface area contributed by atoms with Gasteiger partial charge in [-0.2, -0.15) is 15.2 Å². The summed E-state index contributed by atoms with van der Waals surface area (Å²) >= 11 is 0. The molecule has 0 radical (unpaired) electrons. The van der Waals surface area contributed by atoms with Gasteiger partial charge < -0.3 is 15.1 Å². The molecule has 0 saturated heterocycles. The van der Waals surface area contributed by atoms with Gasteiger partial charge in [-0.3, -0.25) is 10.3 Å². The number of nitriles is 1. The van der Waals surface area contributed by atoms with Crippen LogP contribution >= 0.6 is 0 Å². The third-order valence-electron chi connectivity index (χ3n) is 5.57. The standard InChI is InChI=1S/C26H40N6.C4H9NO.C2H6/c1-9-11-15-32(14-10-2)24-21(17-27)23(28-22-16-19(3)12-13-20(22)4)29-25(30-24)31(8)18-26(5,6)7;1-3-5-6-4-2;1-2/h12-13,16H,9-11,14-15,18H2,1-8H3,(H,28,29,30);3,5H,1,4H2,2H3;1-2H3. The number of hydroxylamine groups is 1. The largest absolute Gasteiger partial charge is 0.355 e. The average molecular weight is 554 g/mol. The molecule has 0 unspecified atom stereocenters. The lowest BCUT2D eigenvalue weighted by atomic mass is 9.96. The Morgan fingerprint density at radius 2 is 1.75 bits per heavy atom. The lowest BCUT2D eigenvalue weighted by Crippen LogP contribution is -2.32. The van der Waals surface area contributed by atoms with Gasteiger partial charge in [0.25, 0.3) is 0 Å². The van der Waals surface area contributed by atoms with Crippen LogP contribution in [0.2, 0.25) is 0 Å². The Morgan fingerprint density at radius 1 is 1.07 bits per heavy atom. The summed E-state index contributed by atoms with van der Waals surface area (Å²) in [4.78, 5) is 18.7. The summed E-state index contributed by atoms with van der Waals surface area (Å²) in [5.41, 5.74) is 6.29. The molecule has 0 amide bonds. The van der Waals surface area contributed by atoms with Crippen molar-refractivity contribution in [3.05, 3.63) is 47.7 Å². The number of hydrogen-bond donors (Lipinski definition) is 2. The Hall–Kier alpha value is -3.31. The van der Waals surface area contributed by atoms with E-state index in [0.29, 0.717) is 23.9 Å². The number of hydrogen-bond acceptors (Lipinski definition) is 8. The van der Waals surface area contributed by atoms with Crippen molar-refractivity contribution in [2.45, 2.75) is 88.5 Å². The fourth-order valence-corrected chi connectivity index (χ4v) is 3.90. The van der Waals surface area contributed by atoms with Crippen LogP contribution in [0.25, 0.3) is 0 Å². The Balaban J connectivity index is 0.00000168. The quantitative estimate of drug-likeness (QED) is 0.191. The van der Waals surface area contributed by atoms with Crippen LogP contribution < -0.4 is 20.6 Å². The highest BCUT2D eigenvalue weighted by molar-refractivity contribution is 5.73. The molecule has 1 aromatic carbocycles. The predicted octanol–water partition coefficient (Wildman–Crippen LogP) is 7.90. The topological polar surface area (TPSA) is 89.3 Å². The minimum Gasteiger partial charge on any atom is -0.355 e. The number of rotatable bonds is 13. The third kappa shape index (κ3) is 13.2. The molecular formula is C32H55N7O. The van der Waals surface area contributed by atoms with E-state index in [4.69, 9.17) is 9.97 Å². The van der Waals surface area contributed by atoms with E-state index >= 15 is 0 Å². The highest BCUT2D eigenvalue weighted by Gasteiger charge is 2.23. The first-order valence-electron chi connectivity index (χ1n) is 14.6. The maximum atomic E-state index is 10.1. The highest BCUT2D eigenvalue weighted by Crippen LogP contribution is 2.31. The van der Waals surface area contributed by atoms with Crippen molar-refractivity contribution in [2.24, 2.45) is 5.41 Å². The monoisotopic (exact) mass is 553 g/mol. The van der Waals surface area contributed by atoms with E-state index in [0.717, 1.165) is 61.5 Å². The molecule has 0 aliphatic heterocycles. The second-order valence-electron chi connectivity index (χ2n) is 10.6. The maximum Gasteiger partial charge on any atom is 0.229 e. The molecule has 2 aromatic rings. The number of nitrogens with zero attached hydrogens (tertiary/aromatic N) is 5. The van der Waals surface area contributed by atoms with Gasteiger partial charge in [0.1, 0.15) is 11.6 Å². The Bertz CT molecular complexity index is 1040. The highest BCUT2D eigenvalue weighted by atomic mass is 16.6. The number of anilines is 4. The summed E-state index contributed by atoms with van der Waals surface area (Å²) in [5.74, 6) is 1.93. The normalized spacial score (nSPS) is 10.2. The minimum absolute atomic E-state index is 0.0954. The SMILES string of the molecule is C=CNOCC.CC.CCCCN(CCC)c1nc(N(C)CC(C)(C)C)nc(Nc2cc(C)ccc2C)c1C#N. The summed E-state index contributed by atoms with van der Waals surface area (Å²) in [5, 5.41) is 13.6. The molecule has 0 aliphatic rings. The fraction of sp³-hybridized carbons (Fsp3) is 0.594. The molecule has 0 bridgehead atoms. The van der Waals surface area contributed by atoms with E-state index in [1.54, 1.807) is 0 Å². The number of aryl methyl sites for hydroxylation is 2. The Labute approximate surface area is 244 Å². The molecule has 1 heterocycles. The van der Waals surface area contributed by atoms with Crippen LogP contribution in [0.4, 0.5) is 23.3 Å². The zero-order valence-electron chi connectivity index (χ0n) is 27.1. The summed E-state index contributed by atoms with van der Waals surface area (Å²) in [6.45, 7) is 27.6. The first-order chi connectivity index (χ1) is 19.0. The molecule has 2 N–H and O–H groups in total. The molecule has 2 rings (SSSR count). The molecule has 0 spiro atoms. The van der Waals surface area contributed by atoms with E-state index in [9.17, 15) is 5.26 Å². The molecule has 40 heavy (non-hydrogen) atoms. The first-order valence-corrected chi connectivity index (χ1v) is 14.6. The molecule has 0 aliphatic carbocycles. The van der Waals surface area contributed by atoms with Gasteiger partial charge in [-0.05, 0) is 56.2 Å². The minimum atomic E-state index is 0.0954. The number of unbranched alkanes of at least 4 members (excludes halogenated alkanes) is 1. The molecule has 0 fully saturated rings. The van der Waals surface area contributed by atoms with Gasteiger partial charge >= 0.3 is 0 Å². The third-order valence-corrected chi connectivity index (χ3v) is 5.57. The molecule has 8 nitrogen and oxygen atoms in total. The van der Waals surface area contributed by atoms with Crippen molar-refractivity contribution in [3.63, 3.8) is 0 Å². The van der Waals surface area contributed by atoms with Crippen molar-refractivity contribution >= 4 is 23.3 Å². The summed E-state index contributed by atoms with van der Waals surface area (Å²) in [6, 6.07) is 8.67. The smallest absolute Gasteiger partial charge is 0.229 e. The van der Waals surface area contributed by atoms with Crippen LogP contribution in [0, 0.1) is 30.6 Å². The van der Waals surface area contributed by atoms with Crippen LogP contribution in [0.15, 0.2) is 31.0 Å². The van der Waals surface area contributed by atoms with Crippen LogP contribution in [-0.4, -0.2) is 43.3 Å². The maximum absolute atomic E-state index is 10.1. The molecule has 8 heteroatoms. The van der Waals surface area contributed by atoms with Gasteiger partial charge in [-0.1, -0.05) is 73.6 Å². The Kier molecular flexibility index (Phi) is 18.1. The van der Waals surface area contributed by atoms with E-state index in [1.807, 2.05) is 27.8 Å². The Morgan fingerprint density at radius 3 is 2.25 bits per heavy atom. The van der Waals surface area contributed by atoms with Crippen LogP contribution in [0.1, 0.15) is 91.3 Å². The zero-order valence-corrected chi connectivity index (χ0v) is 27.1. The van der Waals surface area contributed by atoms with E-state index in [-0.39, 0.29) is 5.41 Å². The summed E-state index contributed by atoms with van der Waals surface area (Å²) < 4.78 is 0. The van der Waals surface area contributed by atoms with Crippen molar-refractivity contribution < 1.29 is 4.84 Å². The van der Waals surface area contributed by atoms with Crippen LogP contribution in [-0.2, 0) is 4.84 Å². The van der Waals surface area contributed by atoms with Gasteiger partial charge in [-0.15, -0.1) is 0 Å². The van der Waals surface area contributed by atoms with Crippen molar-refractivity contribution in [1.82, 2.24) is 15.4 Å². The van der Waals surface area contributed by atoms with Gasteiger partial charge in [0.15, 0.2) is 11.6 Å². The lowest BCUT2D eigenvalue weighted by molar-refractivity contribution is 0.0828. The van der Waals surface area contributed by atoms with Crippen LogP contribution in [0.3, 0.4) is 0 Å². The molecule has 224 valence electrons. The zero-order chi connectivity index (χ0) is 30.7. The first kappa shape index (κ1) is 36.7. The summed E-state index contributed by atoms with van der Waals surface area (Å²) in [7, 11) is 2.02. The second-order valence-corrected chi connectivity index (χ2v) is 10.6. The molecular weight excluding hydrogens is 498 g/mol. The van der Waals surface area contributed by atoms with E-state index < -0.39 is 0 Å². The van der Waals surface area contributed by atoms with Crippen LogP contribution in [0.5, 0.6) is 0 Å². The van der Waals surface area contributed by atoms with Crippen molar-refractivity contribution in [3.8, 4) is 6.07 Å². The van der Waals surface area contributed by atoms with Gasteiger partial charge in [0.05, 0.1) is 6.61 Å². The van der Waals surface area contributed by atoms with E-state index in [1.165, 1.54) is 6.20 Å². The molecule has 0 saturated carbocycles. The van der Waals surface area contributed by atoms with Crippen molar-refractivity contribution in [2.75, 3.05) is 48.4 Å². The molecule has 1 aromatic heterocycles. The number of benzene rings is 1. The average Bonchev–Trinajstić information content (AvgIpc) is 2.92. The number of aromatic nitrogens is 2. The second kappa shape index (κ2) is 19.7. The molecule has 0 atom stereocenters. The number of nitrogens with one attached hydrogen (secondary N) is 2. The predicted molar refractivity (Wildman–Crippen MR) is 172 cm³/mol. The lowest BCUT2D eigenvalue weighted by Gasteiger charge is -2.30. The van der Waals surface area contributed by atoms with Gasteiger partial charge in [0, 0.05) is 38.6 Å². The van der Waals surface area contributed by atoms with E-state index in [2.05, 4.69) is 105 Å². The fourth-order valence-electron chi connectivity index (χ4n) is 3.90. The summed E-state index contributed by atoms with van der Waals surface area (Å²) in [6.07, 6.45) is 4.63. The van der Waals surface area contributed by atoms with Gasteiger partial charge in [-0.25, -0.2) is 0 Å². The van der Waals surface area contributed by atoms with Gasteiger partial charge in [0.2, 0.25) is 5.95 Å². The van der Waals surface area contributed by atoms with Crippen molar-refractivity contribution in [1.29, 1.82) is 5.26 Å².